The number of nitrogens with zero attached hydrogens (tertiary/aromatic N) is 1. The van der Waals surface area contributed by atoms with Crippen LogP contribution in [0.5, 0.6) is 0 Å². The van der Waals surface area contributed by atoms with E-state index in [1.807, 2.05) is 23.1 Å². The van der Waals surface area contributed by atoms with Crippen molar-refractivity contribution < 1.29 is 9.59 Å². The molecular weight excluding hydrogens is 326 g/mol. The molecule has 3 N–H and O–H groups in total. The first-order valence-corrected chi connectivity index (χ1v) is 8.27. The number of nitrogens with two attached hydrogens (primary N) is 1. The van der Waals surface area contributed by atoms with Gasteiger partial charge in [-0.15, -0.1) is 12.4 Å². The van der Waals surface area contributed by atoms with E-state index in [2.05, 4.69) is 19.2 Å². The van der Waals surface area contributed by atoms with Crippen molar-refractivity contribution in [2.45, 2.75) is 39.2 Å². The zero-order chi connectivity index (χ0) is 16.9. The lowest BCUT2D eigenvalue weighted by Crippen LogP contribution is -2.54. The molecule has 1 unspecified atom stereocenters. The van der Waals surface area contributed by atoms with E-state index in [4.69, 9.17) is 5.73 Å². The van der Waals surface area contributed by atoms with Crippen molar-refractivity contribution in [2.75, 3.05) is 19.6 Å². The number of benzene rings is 1. The zero-order valence-corrected chi connectivity index (χ0v) is 15.3. The SMILES string of the molecule is CC1(C)CN(C(=O)CCCNC(=O)c2ccccc2)CCC1N.Cl. The number of nitrogens with one attached hydrogen (secondary N) is 1. The van der Waals surface area contributed by atoms with Gasteiger partial charge in [0.25, 0.3) is 5.91 Å². The van der Waals surface area contributed by atoms with Crippen molar-refractivity contribution in [2.24, 2.45) is 11.1 Å². The molecule has 1 saturated heterocycles. The first kappa shape index (κ1) is 20.5. The van der Waals surface area contributed by atoms with E-state index >= 15 is 0 Å². The summed E-state index contributed by atoms with van der Waals surface area (Å²) in [5, 5.41) is 2.85. The summed E-state index contributed by atoms with van der Waals surface area (Å²) >= 11 is 0. The molecule has 1 aliphatic heterocycles. The Balaban J connectivity index is 0.00000288. The van der Waals surface area contributed by atoms with E-state index in [1.165, 1.54) is 0 Å². The Bertz CT molecular complexity index is 548. The molecule has 1 aliphatic rings. The molecule has 1 atom stereocenters. The maximum Gasteiger partial charge on any atom is 0.251 e. The molecule has 24 heavy (non-hydrogen) atoms. The summed E-state index contributed by atoms with van der Waals surface area (Å²) in [5.41, 5.74) is 6.71. The molecule has 0 aliphatic carbocycles. The van der Waals surface area contributed by atoms with Gasteiger partial charge in [0.15, 0.2) is 0 Å². The third-order valence-electron chi connectivity index (χ3n) is 4.55. The first-order chi connectivity index (χ1) is 10.9. The number of carbonyl (C=O) groups excluding carboxylic acids is 2. The van der Waals surface area contributed by atoms with Gasteiger partial charge in [-0.3, -0.25) is 9.59 Å². The van der Waals surface area contributed by atoms with Crippen molar-refractivity contribution in [1.29, 1.82) is 0 Å². The fraction of sp³-hybridized carbons (Fsp3) is 0.556. The summed E-state index contributed by atoms with van der Waals surface area (Å²) < 4.78 is 0. The normalized spacial score (nSPS) is 19.3. The molecule has 0 aromatic heterocycles. The van der Waals surface area contributed by atoms with E-state index in [0.717, 1.165) is 13.0 Å². The lowest BCUT2D eigenvalue weighted by Gasteiger charge is -2.42. The minimum atomic E-state index is -0.0943. The Morgan fingerprint density at radius 1 is 1.29 bits per heavy atom. The Morgan fingerprint density at radius 2 is 1.96 bits per heavy atom. The van der Waals surface area contributed by atoms with Gasteiger partial charge in [-0.2, -0.15) is 0 Å². The quantitative estimate of drug-likeness (QED) is 0.797. The van der Waals surface area contributed by atoms with Gasteiger partial charge in [0.2, 0.25) is 5.91 Å². The van der Waals surface area contributed by atoms with Crippen LogP contribution in [0.15, 0.2) is 30.3 Å². The molecule has 2 amide bonds. The maximum atomic E-state index is 12.3. The lowest BCUT2D eigenvalue weighted by atomic mass is 9.79. The van der Waals surface area contributed by atoms with E-state index in [1.54, 1.807) is 12.1 Å². The summed E-state index contributed by atoms with van der Waals surface area (Å²) in [5.74, 6) is 0.0575. The number of halogens is 1. The Hall–Kier alpha value is -1.59. The average molecular weight is 354 g/mol. The van der Waals surface area contributed by atoms with Crippen LogP contribution in [0.3, 0.4) is 0 Å². The fourth-order valence-electron chi connectivity index (χ4n) is 2.88. The van der Waals surface area contributed by atoms with Crippen LogP contribution in [0.25, 0.3) is 0 Å². The van der Waals surface area contributed by atoms with E-state index in [9.17, 15) is 9.59 Å². The molecule has 2 rings (SSSR count). The molecule has 0 spiro atoms. The predicted octanol–water partition coefficient (Wildman–Crippen LogP) is 2.20. The van der Waals surface area contributed by atoms with Crippen LogP contribution in [0.4, 0.5) is 0 Å². The highest BCUT2D eigenvalue weighted by Crippen LogP contribution is 2.28. The van der Waals surface area contributed by atoms with Gasteiger partial charge in [-0.25, -0.2) is 0 Å². The highest BCUT2D eigenvalue weighted by Gasteiger charge is 2.34. The second kappa shape index (κ2) is 9.04. The molecule has 1 heterocycles. The van der Waals surface area contributed by atoms with Crippen LogP contribution < -0.4 is 11.1 Å². The van der Waals surface area contributed by atoms with Gasteiger partial charge in [0.1, 0.15) is 0 Å². The number of amides is 2. The summed E-state index contributed by atoms with van der Waals surface area (Å²) in [4.78, 5) is 26.1. The predicted molar refractivity (Wildman–Crippen MR) is 98.2 cm³/mol. The Labute approximate surface area is 150 Å². The van der Waals surface area contributed by atoms with Gasteiger partial charge < -0.3 is 16.0 Å². The van der Waals surface area contributed by atoms with Gasteiger partial charge >= 0.3 is 0 Å². The number of hydrogen-bond donors (Lipinski definition) is 2. The maximum absolute atomic E-state index is 12.3. The third-order valence-corrected chi connectivity index (χ3v) is 4.55. The topological polar surface area (TPSA) is 75.4 Å². The van der Waals surface area contributed by atoms with Crippen LogP contribution in [0.1, 0.15) is 43.5 Å². The monoisotopic (exact) mass is 353 g/mol. The standard InChI is InChI=1S/C18H27N3O2.ClH/c1-18(2)13-21(12-10-15(18)19)16(22)9-6-11-20-17(23)14-7-4-3-5-8-14;/h3-5,7-8,15H,6,9-13,19H2,1-2H3,(H,20,23);1H. The minimum Gasteiger partial charge on any atom is -0.352 e. The van der Waals surface area contributed by atoms with E-state index < -0.39 is 0 Å². The third kappa shape index (κ3) is 5.49. The summed E-state index contributed by atoms with van der Waals surface area (Å²) in [6.07, 6.45) is 1.96. The molecule has 0 saturated carbocycles. The summed E-state index contributed by atoms with van der Waals surface area (Å²) in [6, 6.07) is 9.25. The Morgan fingerprint density at radius 3 is 2.58 bits per heavy atom. The molecule has 5 nitrogen and oxygen atoms in total. The Kier molecular flexibility index (Phi) is 7.70. The average Bonchev–Trinajstić information content (AvgIpc) is 2.54. The second-order valence-corrected chi connectivity index (χ2v) is 6.92. The number of piperidine rings is 1. The van der Waals surface area contributed by atoms with Crippen molar-refractivity contribution in [3.05, 3.63) is 35.9 Å². The molecule has 1 fully saturated rings. The number of carbonyl (C=O) groups is 2. The van der Waals surface area contributed by atoms with Gasteiger partial charge in [0, 0.05) is 37.7 Å². The first-order valence-electron chi connectivity index (χ1n) is 8.27. The van der Waals surface area contributed by atoms with Crippen LogP contribution in [-0.2, 0) is 4.79 Å². The van der Waals surface area contributed by atoms with Crippen LogP contribution in [0, 0.1) is 5.41 Å². The molecule has 0 bridgehead atoms. The van der Waals surface area contributed by atoms with Crippen LogP contribution in [0.2, 0.25) is 0 Å². The van der Waals surface area contributed by atoms with Crippen LogP contribution >= 0.6 is 12.4 Å². The van der Waals surface area contributed by atoms with Crippen molar-refractivity contribution >= 4 is 24.2 Å². The highest BCUT2D eigenvalue weighted by atomic mass is 35.5. The smallest absolute Gasteiger partial charge is 0.251 e. The van der Waals surface area contributed by atoms with Crippen molar-refractivity contribution in [3.63, 3.8) is 0 Å². The second-order valence-electron chi connectivity index (χ2n) is 6.92. The fourth-order valence-corrected chi connectivity index (χ4v) is 2.88. The minimum absolute atomic E-state index is 0. The number of rotatable bonds is 5. The molecule has 6 heteroatoms. The lowest BCUT2D eigenvalue weighted by molar-refractivity contribution is -0.134. The zero-order valence-electron chi connectivity index (χ0n) is 14.5. The number of likely N-dealkylation sites (tertiary alicyclic amines) is 1. The molecule has 0 radical (unpaired) electrons. The van der Waals surface area contributed by atoms with Crippen LogP contribution in [-0.4, -0.2) is 42.4 Å². The van der Waals surface area contributed by atoms with E-state index in [-0.39, 0.29) is 35.7 Å². The summed E-state index contributed by atoms with van der Waals surface area (Å²) in [7, 11) is 0. The number of hydrogen-bond acceptors (Lipinski definition) is 3. The summed E-state index contributed by atoms with van der Waals surface area (Å²) in [6.45, 7) is 6.17. The van der Waals surface area contributed by atoms with Gasteiger partial charge in [-0.1, -0.05) is 32.0 Å². The highest BCUT2D eigenvalue weighted by molar-refractivity contribution is 5.94. The van der Waals surface area contributed by atoms with Gasteiger partial charge in [0.05, 0.1) is 0 Å². The van der Waals surface area contributed by atoms with Gasteiger partial charge in [-0.05, 0) is 30.4 Å². The van der Waals surface area contributed by atoms with Crippen molar-refractivity contribution in [1.82, 2.24) is 10.2 Å². The largest absolute Gasteiger partial charge is 0.352 e. The molecule has 134 valence electrons. The van der Waals surface area contributed by atoms with E-state index in [0.29, 0.717) is 31.5 Å². The molecule has 1 aromatic rings. The molecule has 1 aromatic carbocycles. The van der Waals surface area contributed by atoms with Crippen molar-refractivity contribution in [3.8, 4) is 0 Å². The molecular formula is C18H28ClN3O2.